The van der Waals surface area contributed by atoms with Gasteiger partial charge in [-0.25, -0.2) is 0 Å². The Hall–Kier alpha value is -2.85. The maximum Gasteiger partial charge on any atom is 0.254 e. The van der Waals surface area contributed by atoms with Gasteiger partial charge in [-0.1, -0.05) is 66.2 Å². The van der Waals surface area contributed by atoms with Crippen molar-refractivity contribution in [3.8, 4) is 0 Å². The largest absolute Gasteiger partial charge is 0.341 e. The summed E-state index contributed by atoms with van der Waals surface area (Å²) in [5, 5.41) is 2.71. The second kappa shape index (κ2) is 8.88. The third-order valence-electron chi connectivity index (χ3n) is 5.89. The lowest BCUT2D eigenvalue weighted by Gasteiger charge is -2.33. The van der Waals surface area contributed by atoms with Crippen LogP contribution in [0.3, 0.4) is 0 Å². The molecule has 0 unspecified atom stereocenters. The molecule has 2 amide bonds. The first kappa shape index (κ1) is 20.4. The highest BCUT2D eigenvalue weighted by Gasteiger charge is 2.30. The third-order valence-corrected chi connectivity index (χ3v) is 6.26. The average molecular weight is 421 g/mol. The molecule has 30 heavy (non-hydrogen) atoms. The molecule has 0 radical (unpaired) electrons. The summed E-state index contributed by atoms with van der Waals surface area (Å²) in [6.07, 6.45) is 1.37. The SMILES string of the molecule is CN(Cc1ccccc1Cl)C(=O)C1CCN(C(=O)c2cccc3ccccc23)CC1. The molecule has 4 nitrogen and oxygen atoms in total. The van der Waals surface area contributed by atoms with Crippen LogP contribution in [-0.2, 0) is 11.3 Å². The van der Waals surface area contributed by atoms with E-state index in [-0.39, 0.29) is 17.7 Å². The van der Waals surface area contributed by atoms with Gasteiger partial charge in [0.2, 0.25) is 5.91 Å². The molecule has 1 heterocycles. The fourth-order valence-corrected chi connectivity index (χ4v) is 4.38. The molecule has 5 heteroatoms. The molecule has 3 aromatic carbocycles. The quantitative estimate of drug-likeness (QED) is 0.595. The number of nitrogens with zero attached hydrogens (tertiary/aromatic N) is 2. The first-order valence-electron chi connectivity index (χ1n) is 10.3. The van der Waals surface area contributed by atoms with E-state index in [1.807, 2.05) is 78.7 Å². The molecule has 0 atom stereocenters. The van der Waals surface area contributed by atoms with Crippen molar-refractivity contribution in [2.24, 2.45) is 5.92 Å². The number of hydrogen-bond acceptors (Lipinski definition) is 2. The Morgan fingerprint density at radius 1 is 0.967 bits per heavy atom. The van der Waals surface area contributed by atoms with Crippen molar-refractivity contribution in [1.29, 1.82) is 0 Å². The number of hydrogen-bond donors (Lipinski definition) is 0. The van der Waals surface area contributed by atoms with E-state index in [0.29, 0.717) is 37.5 Å². The van der Waals surface area contributed by atoms with E-state index in [1.54, 1.807) is 4.90 Å². The summed E-state index contributed by atoms with van der Waals surface area (Å²) < 4.78 is 0. The molecule has 1 aliphatic heterocycles. The molecule has 0 saturated carbocycles. The Morgan fingerprint density at radius 3 is 2.40 bits per heavy atom. The molecule has 0 spiro atoms. The number of carbonyl (C=O) groups excluding carboxylic acids is 2. The molecular weight excluding hydrogens is 396 g/mol. The Kier molecular flexibility index (Phi) is 6.05. The van der Waals surface area contributed by atoms with Crippen molar-refractivity contribution in [2.45, 2.75) is 19.4 Å². The minimum atomic E-state index is -0.0611. The van der Waals surface area contributed by atoms with Crippen molar-refractivity contribution >= 4 is 34.2 Å². The summed E-state index contributed by atoms with van der Waals surface area (Å²) in [4.78, 5) is 29.7. The monoisotopic (exact) mass is 420 g/mol. The normalized spacial score (nSPS) is 14.7. The van der Waals surface area contributed by atoms with Crippen LogP contribution in [0.25, 0.3) is 10.8 Å². The van der Waals surface area contributed by atoms with Gasteiger partial charge in [-0.2, -0.15) is 0 Å². The van der Waals surface area contributed by atoms with Crippen LogP contribution in [0, 0.1) is 5.92 Å². The van der Waals surface area contributed by atoms with Gasteiger partial charge in [0.15, 0.2) is 0 Å². The van der Waals surface area contributed by atoms with E-state index in [9.17, 15) is 9.59 Å². The molecule has 3 aromatic rings. The van der Waals surface area contributed by atoms with E-state index >= 15 is 0 Å². The zero-order valence-corrected chi connectivity index (χ0v) is 17.8. The van der Waals surface area contributed by atoms with Gasteiger partial charge in [0.25, 0.3) is 5.91 Å². The number of piperidine rings is 1. The van der Waals surface area contributed by atoms with E-state index in [2.05, 4.69) is 0 Å². The lowest BCUT2D eigenvalue weighted by atomic mass is 9.94. The van der Waals surface area contributed by atoms with Crippen LogP contribution >= 0.6 is 11.6 Å². The van der Waals surface area contributed by atoms with E-state index in [0.717, 1.165) is 21.9 Å². The fraction of sp³-hybridized carbons (Fsp3) is 0.280. The summed E-state index contributed by atoms with van der Waals surface area (Å²) in [5.41, 5.74) is 1.67. The molecule has 0 N–H and O–H groups in total. The van der Waals surface area contributed by atoms with Crippen LogP contribution in [-0.4, -0.2) is 41.8 Å². The Balaban J connectivity index is 1.39. The Morgan fingerprint density at radius 2 is 1.63 bits per heavy atom. The molecule has 1 saturated heterocycles. The second-order valence-corrected chi connectivity index (χ2v) is 8.29. The molecule has 0 aliphatic carbocycles. The second-order valence-electron chi connectivity index (χ2n) is 7.88. The van der Waals surface area contributed by atoms with Gasteiger partial charge in [-0.3, -0.25) is 9.59 Å². The van der Waals surface area contributed by atoms with Crippen LogP contribution in [0.5, 0.6) is 0 Å². The number of likely N-dealkylation sites (tertiary alicyclic amines) is 1. The van der Waals surface area contributed by atoms with E-state index in [1.165, 1.54) is 0 Å². The lowest BCUT2D eigenvalue weighted by molar-refractivity contribution is -0.136. The number of benzene rings is 3. The maximum absolute atomic E-state index is 13.1. The van der Waals surface area contributed by atoms with Gasteiger partial charge in [-0.15, -0.1) is 0 Å². The van der Waals surface area contributed by atoms with Crippen molar-refractivity contribution in [1.82, 2.24) is 9.80 Å². The Labute approximate surface area is 182 Å². The first-order valence-corrected chi connectivity index (χ1v) is 10.7. The highest BCUT2D eigenvalue weighted by Crippen LogP contribution is 2.25. The van der Waals surface area contributed by atoms with Gasteiger partial charge in [0, 0.05) is 43.2 Å². The smallest absolute Gasteiger partial charge is 0.254 e. The van der Waals surface area contributed by atoms with Gasteiger partial charge in [0.05, 0.1) is 0 Å². The fourth-order valence-electron chi connectivity index (χ4n) is 4.18. The predicted molar refractivity (Wildman–Crippen MR) is 121 cm³/mol. The van der Waals surface area contributed by atoms with E-state index in [4.69, 9.17) is 11.6 Å². The highest BCUT2D eigenvalue weighted by atomic mass is 35.5. The van der Waals surface area contributed by atoms with Gasteiger partial charge in [0.1, 0.15) is 0 Å². The van der Waals surface area contributed by atoms with Gasteiger partial charge in [-0.05, 0) is 41.3 Å². The van der Waals surface area contributed by atoms with Crippen molar-refractivity contribution in [3.05, 3.63) is 82.9 Å². The highest BCUT2D eigenvalue weighted by molar-refractivity contribution is 6.31. The first-order chi connectivity index (χ1) is 14.5. The molecule has 154 valence electrons. The maximum atomic E-state index is 13.1. The van der Waals surface area contributed by atoms with Crippen LogP contribution in [0.1, 0.15) is 28.8 Å². The predicted octanol–water partition coefficient (Wildman–Crippen LogP) is 5.00. The topological polar surface area (TPSA) is 40.6 Å². The minimum Gasteiger partial charge on any atom is -0.341 e. The number of rotatable bonds is 4. The van der Waals surface area contributed by atoms with Crippen LogP contribution in [0.2, 0.25) is 5.02 Å². The lowest BCUT2D eigenvalue weighted by Crippen LogP contribution is -2.43. The Bertz CT molecular complexity index is 1070. The van der Waals surface area contributed by atoms with Crippen molar-refractivity contribution in [2.75, 3.05) is 20.1 Å². The van der Waals surface area contributed by atoms with Crippen molar-refractivity contribution in [3.63, 3.8) is 0 Å². The van der Waals surface area contributed by atoms with Gasteiger partial charge < -0.3 is 9.80 Å². The third kappa shape index (κ3) is 4.19. The summed E-state index contributed by atoms with van der Waals surface area (Å²) in [7, 11) is 1.82. The standard InChI is InChI=1S/C25H25ClN2O2/c1-27(17-20-8-3-5-12-23(20)26)24(29)19-13-15-28(16-14-19)25(30)22-11-6-9-18-7-2-4-10-21(18)22/h2-12,19H,13-17H2,1H3. The molecule has 0 bridgehead atoms. The molecule has 1 fully saturated rings. The summed E-state index contributed by atoms with van der Waals surface area (Å²) in [6, 6.07) is 21.4. The summed E-state index contributed by atoms with van der Waals surface area (Å²) >= 11 is 6.23. The minimum absolute atomic E-state index is 0.0436. The number of halogens is 1. The van der Waals surface area contributed by atoms with Crippen molar-refractivity contribution < 1.29 is 9.59 Å². The molecular formula is C25H25ClN2O2. The zero-order valence-electron chi connectivity index (χ0n) is 17.1. The number of amides is 2. The number of carbonyl (C=O) groups is 2. The zero-order chi connectivity index (χ0) is 21.1. The molecule has 1 aliphatic rings. The van der Waals surface area contributed by atoms with Crippen LogP contribution < -0.4 is 0 Å². The molecule has 4 rings (SSSR count). The summed E-state index contributed by atoms with van der Waals surface area (Å²) in [6.45, 7) is 1.68. The van der Waals surface area contributed by atoms with Crippen LogP contribution in [0.15, 0.2) is 66.7 Å². The van der Waals surface area contributed by atoms with Crippen LogP contribution in [0.4, 0.5) is 0 Å². The summed E-state index contributed by atoms with van der Waals surface area (Å²) in [5.74, 6) is 0.100. The number of fused-ring (bicyclic) bond motifs is 1. The van der Waals surface area contributed by atoms with Gasteiger partial charge >= 0.3 is 0 Å². The van der Waals surface area contributed by atoms with E-state index < -0.39 is 0 Å². The average Bonchev–Trinajstić information content (AvgIpc) is 2.79. The molecule has 0 aromatic heterocycles.